The van der Waals surface area contributed by atoms with Gasteiger partial charge in [0.15, 0.2) is 0 Å². The minimum Gasteiger partial charge on any atom is -0.314 e. The third kappa shape index (κ3) is 4.11. The molecule has 1 atom stereocenters. The maximum absolute atomic E-state index is 3.56. The van der Waals surface area contributed by atoms with E-state index in [4.69, 9.17) is 0 Å². The van der Waals surface area contributed by atoms with Crippen LogP contribution < -0.4 is 5.32 Å². The van der Waals surface area contributed by atoms with E-state index in [2.05, 4.69) is 52.8 Å². The molecule has 1 heterocycles. The molecule has 0 fully saturated rings. The zero-order valence-electron chi connectivity index (χ0n) is 9.01. The van der Waals surface area contributed by atoms with Crippen LogP contribution in [0.25, 0.3) is 0 Å². The van der Waals surface area contributed by atoms with E-state index in [1.165, 1.54) is 10.0 Å². The Morgan fingerprint density at radius 1 is 1.36 bits per heavy atom. The van der Waals surface area contributed by atoms with Crippen molar-refractivity contribution in [2.24, 2.45) is 5.92 Å². The molecule has 3 heteroatoms. The van der Waals surface area contributed by atoms with Crippen molar-refractivity contribution in [3.05, 3.63) is 20.8 Å². The summed E-state index contributed by atoms with van der Waals surface area (Å²) in [4.78, 5) is 0. The summed E-state index contributed by atoms with van der Waals surface area (Å²) in [5, 5.41) is 7.85. The van der Waals surface area contributed by atoms with Crippen LogP contribution in [0.3, 0.4) is 0 Å². The summed E-state index contributed by atoms with van der Waals surface area (Å²) in [6.45, 7) is 7.76. The molecule has 0 aliphatic rings. The molecule has 0 amide bonds. The summed E-state index contributed by atoms with van der Waals surface area (Å²) < 4.78 is 1.26. The monoisotopic (exact) mass is 275 g/mol. The molecule has 0 aromatic carbocycles. The van der Waals surface area contributed by atoms with Crippen LogP contribution in [0.2, 0.25) is 0 Å². The molecule has 14 heavy (non-hydrogen) atoms. The Balaban J connectivity index is 2.34. The average Bonchev–Trinajstić information content (AvgIpc) is 2.49. The van der Waals surface area contributed by atoms with E-state index in [-0.39, 0.29) is 0 Å². The molecule has 0 saturated heterocycles. The van der Waals surface area contributed by atoms with E-state index >= 15 is 0 Å². The van der Waals surface area contributed by atoms with Crippen molar-refractivity contribution >= 4 is 27.3 Å². The van der Waals surface area contributed by atoms with E-state index in [1.807, 2.05) is 0 Å². The number of hydrogen-bond donors (Lipinski definition) is 1. The molecule has 1 N–H and O–H groups in total. The van der Waals surface area contributed by atoms with Crippen molar-refractivity contribution in [2.75, 3.05) is 6.54 Å². The van der Waals surface area contributed by atoms with Crippen LogP contribution in [0.1, 0.15) is 26.3 Å². The van der Waals surface area contributed by atoms with Gasteiger partial charge in [-0.3, -0.25) is 0 Å². The summed E-state index contributed by atoms with van der Waals surface area (Å²) in [5.41, 5.74) is 1.44. The largest absolute Gasteiger partial charge is 0.314 e. The van der Waals surface area contributed by atoms with Crippen LogP contribution in [-0.2, 0) is 6.42 Å². The summed E-state index contributed by atoms with van der Waals surface area (Å²) >= 11 is 5.33. The van der Waals surface area contributed by atoms with Crippen molar-refractivity contribution in [1.29, 1.82) is 0 Å². The molecule has 1 unspecified atom stereocenters. The van der Waals surface area contributed by atoms with Gasteiger partial charge in [0.1, 0.15) is 0 Å². The number of rotatable bonds is 5. The number of halogens is 1. The van der Waals surface area contributed by atoms with Gasteiger partial charge in [-0.15, -0.1) is 0 Å². The fraction of sp³-hybridized carbons (Fsp3) is 0.636. The van der Waals surface area contributed by atoms with Crippen LogP contribution in [-0.4, -0.2) is 12.6 Å². The third-order valence-corrected chi connectivity index (χ3v) is 3.97. The first-order valence-electron chi connectivity index (χ1n) is 5.03. The number of thiophene rings is 1. The van der Waals surface area contributed by atoms with E-state index in [0.29, 0.717) is 12.0 Å². The van der Waals surface area contributed by atoms with Gasteiger partial charge in [-0.1, -0.05) is 20.8 Å². The molecule has 0 radical (unpaired) electrons. The van der Waals surface area contributed by atoms with Crippen molar-refractivity contribution in [3.63, 3.8) is 0 Å². The van der Waals surface area contributed by atoms with Crippen molar-refractivity contribution < 1.29 is 0 Å². The molecule has 1 aromatic heterocycles. The van der Waals surface area contributed by atoms with Crippen molar-refractivity contribution in [1.82, 2.24) is 5.32 Å². The van der Waals surface area contributed by atoms with Gasteiger partial charge < -0.3 is 5.32 Å². The predicted molar refractivity (Wildman–Crippen MR) is 68.0 cm³/mol. The van der Waals surface area contributed by atoms with Crippen LogP contribution >= 0.6 is 27.3 Å². The Morgan fingerprint density at radius 2 is 2.07 bits per heavy atom. The normalized spacial score (nSPS) is 13.5. The van der Waals surface area contributed by atoms with Crippen molar-refractivity contribution in [2.45, 2.75) is 33.2 Å². The highest BCUT2D eigenvalue weighted by Gasteiger charge is 2.07. The lowest BCUT2D eigenvalue weighted by Gasteiger charge is -2.14. The molecule has 1 rings (SSSR count). The van der Waals surface area contributed by atoms with Gasteiger partial charge in [0.25, 0.3) is 0 Å². The molecule has 1 nitrogen and oxygen atoms in total. The third-order valence-electron chi connectivity index (χ3n) is 2.13. The zero-order chi connectivity index (χ0) is 10.6. The Kier molecular flexibility index (Phi) is 5.13. The molecule has 80 valence electrons. The lowest BCUT2D eigenvalue weighted by atomic mass is 10.0. The van der Waals surface area contributed by atoms with Crippen LogP contribution in [0, 0.1) is 5.92 Å². The minimum atomic E-state index is 0.586. The molecule has 0 aliphatic carbocycles. The molecule has 1 aromatic rings. The van der Waals surface area contributed by atoms with E-state index in [0.717, 1.165) is 13.0 Å². The zero-order valence-corrected chi connectivity index (χ0v) is 11.4. The summed E-state index contributed by atoms with van der Waals surface area (Å²) in [6, 6.07) is 0.586. The fourth-order valence-corrected chi connectivity index (χ4v) is 2.82. The standard InChI is InChI=1S/C11H18BrNS/c1-8(2)13-5-9(3)4-10-6-14-7-11(10)12/h6-9,13H,4-5H2,1-3H3. The van der Waals surface area contributed by atoms with Gasteiger partial charge in [-0.05, 0) is 45.8 Å². The lowest BCUT2D eigenvalue weighted by molar-refractivity contribution is 0.476. The van der Waals surface area contributed by atoms with E-state index in [9.17, 15) is 0 Å². The average molecular weight is 276 g/mol. The highest BCUT2D eigenvalue weighted by Crippen LogP contribution is 2.23. The second-order valence-corrected chi connectivity index (χ2v) is 5.72. The topological polar surface area (TPSA) is 12.0 Å². The first-order chi connectivity index (χ1) is 6.59. The molecule has 0 saturated carbocycles. The second kappa shape index (κ2) is 5.89. The summed E-state index contributed by atoms with van der Waals surface area (Å²) in [5.74, 6) is 0.697. The number of hydrogen-bond acceptors (Lipinski definition) is 2. The number of nitrogens with one attached hydrogen (secondary N) is 1. The van der Waals surface area contributed by atoms with Gasteiger partial charge in [-0.2, -0.15) is 11.3 Å². The fourth-order valence-electron chi connectivity index (χ4n) is 1.34. The first-order valence-corrected chi connectivity index (χ1v) is 6.77. The Morgan fingerprint density at radius 3 is 2.57 bits per heavy atom. The SMILES string of the molecule is CC(CNC(C)C)Cc1cscc1Br. The van der Waals surface area contributed by atoms with Crippen LogP contribution in [0.5, 0.6) is 0 Å². The van der Waals surface area contributed by atoms with Gasteiger partial charge in [0.2, 0.25) is 0 Å². The first kappa shape index (κ1) is 12.2. The maximum atomic E-state index is 3.56. The molecule has 0 aliphatic heterocycles. The summed E-state index contributed by atoms with van der Waals surface area (Å²) in [7, 11) is 0. The molecular formula is C11H18BrNS. The maximum Gasteiger partial charge on any atom is 0.0314 e. The minimum absolute atomic E-state index is 0.586. The second-order valence-electron chi connectivity index (χ2n) is 4.12. The van der Waals surface area contributed by atoms with Crippen LogP contribution in [0.4, 0.5) is 0 Å². The molecule has 0 spiro atoms. The van der Waals surface area contributed by atoms with Crippen molar-refractivity contribution in [3.8, 4) is 0 Å². The lowest BCUT2D eigenvalue weighted by Crippen LogP contribution is -2.28. The smallest absolute Gasteiger partial charge is 0.0314 e. The Hall–Kier alpha value is 0.140. The van der Waals surface area contributed by atoms with Gasteiger partial charge in [0.05, 0.1) is 0 Å². The quantitative estimate of drug-likeness (QED) is 0.865. The van der Waals surface area contributed by atoms with E-state index < -0.39 is 0 Å². The predicted octanol–water partition coefficient (Wildman–Crippen LogP) is 3.69. The van der Waals surface area contributed by atoms with E-state index in [1.54, 1.807) is 11.3 Å². The van der Waals surface area contributed by atoms with Gasteiger partial charge in [-0.25, -0.2) is 0 Å². The molecular weight excluding hydrogens is 258 g/mol. The highest BCUT2D eigenvalue weighted by molar-refractivity contribution is 9.10. The van der Waals surface area contributed by atoms with Gasteiger partial charge >= 0.3 is 0 Å². The Bertz CT molecular complexity index is 270. The van der Waals surface area contributed by atoms with Gasteiger partial charge in [0, 0.05) is 15.9 Å². The Labute approximate surface area is 99.0 Å². The highest BCUT2D eigenvalue weighted by atomic mass is 79.9. The summed E-state index contributed by atoms with van der Waals surface area (Å²) in [6.07, 6.45) is 1.16. The molecule has 0 bridgehead atoms. The van der Waals surface area contributed by atoms with Crippen LogP contribution in [0.15, 0.2) is 15.2 Å².